The SMILES string of the molecule is CC(C=CC(=O)N(c1ccccc1)c1ccccc1)O[Si](C)(C)C(C)(C)C. The average molecular weight is 382 g/mol. The number of para-hydroxylation sites is 2. The third-order valence-corrected chi connectivity index (χ3v) is 9.62. The molecule has 0 aliphatic heterocycles. The molecule has 4 heteroatoms. The van der Waals surface area contributed by atoms with Crippen LogP contribution in [0.25, 0.3) is 0 Å². The monoisotopic (exact) mass is 381 g/mol. The Bertz CT molecular complexity index is 724. The molecule has 1 atom stereocenters. The molecule has 0 fully saturated rings. The number of benzene rings is 2. The summed E-state index contributed by atoms with van der Waals surface area (Å²) in [5.74, 6) is -0.0851. The van der Waals surface area contributed by atoms with E-state index in [1.807, 2.05) is 73.7 Å². The molecule has 0 radical (unpaired) electrons. The van der Waals surface area contributed by atoms with Gasteiger partial charge in [-0.05, 0) is 49.3 Å². The fourth-order valence-electron chi connectivity index (χ4n) is 2.53. The summed E-state index contributed by atoms with van der Waals surface area (Å²) in [5, 5.41) is 0.138. The zero-order chi connectivity index (χ0) is 20.1. The molecule has 2 rings (SSSR count). The molecule has 0 aliphatic carbocycles. The van der Waals surface area contributed by atoms with E-state index in [0.29, 0.717) is 0 Å². The van der Waals surface area contributed by atoms with Crippen LogP contribution < -0.4 is 4.90 Å². The number of anilines is 2. The number of carbonyl (C=O) groups excluding carboxylic acids is 1. The number of hydrogen-bond acceptors (Lipinski definition) is 2. The van der Waals surface area contributed by atoms with Gasteiger partial charge in [0.1, 0.15) is 0 Å². The van der Waals surface area contributed by atoms with Crippen molar-refractivity contribution in [1.82, 2.24) is 0 Å². The quantitative estimate of drug-likeness (QED) is 0.433. The minimum Gasteiger partial charge on any atom is -0.411 e. The third kappa shape index (κ3) is 5.65. The lowest BCUT2D eigenvalue weighted by molar-refractivity contribution is -0.113. The van der Waals surface area contributed by atoms with Crippen LogP contribution in [0.3, 0.4) is 0 Å². The Morgan fingerprint density at radius 2 is 1.41 bits per heavy atom. The molecule has 0 saturated heterocycles. The number of amides is 1. The fourth-order valence-corrected chi connectivity index (χ4v) is 3.89. The molecule has 0 aliphatic rings. The Labute approximate surface area is 164 Å². The highest BCUT2D eigenvalue weighted by Crippen LogP contribution is 2.37. The number of rotatable bonds is 6. The molecule has 3 nitrogen and oxygen atoms in total. The Morgan fingerprint density at radius 1 is 0.963 bits per heavy atom. The molecule has 0 saturated carbocycles. The van der Waals surface area contributed by atoms with E-state index in [9.17, 15) is 4.79 Å². The molecule has 0 bridgehead atoms. The van der Waals surface area contributed by atoms with Gasteiger partial charge in [-0.1, -0.05) is 63.2 Å². The minimum atomic E-state index is -1.87. The van der Waals surface area contributed by atoms with Crippen LogP contribution in [0.5, 0.6) is 0 Å². The first-order valence-corrected chi connectivity index (χ1v) is 12.3. The number of carbonyl (C=O) groups is 1. The topological polar surface area (TPSA) is 29.5 Å². The second-order valence-electron chi connectivity index (χ2n) is 8.29. The summed E-state index contributed by atoms with van der Waals surface area (Å²) >= 11 is 0. The van der Waals surface area contributed by atoms with Crippen molar-refractivity contribution in [3.05, 3.63) is 72.8 Å². The van der Waals surface area contributed by atoms with Crippen LogP contribution in [0.15, 0.2) is 72.8 Å². The van der Waals surface area contributed by atoms with E-state index < -0.39 is 8.32 Å². The average Bonchev–Trinajstić information content (AvgIpc) is 2.61. The lowest BCUT2D eigenvalue weighted by Crippen LogP contribution is -2.43. The van der Waals surface area contributed by atoms with Crippen molar-refractivity contribution in [3.8, 4) is 0 Å². The highest BCUT2D eigenvalue weighted by atomic mass is 28.4. The summed E-state index contributed by atoms with van der Waals surface area (Å²) in [6.45, 7) is 13.1. The molecule has 2 aromatic rings. The Morgan fingerprint density at radius 3 is 1.81 bits per heavy atom. The molecule has 0 aromatic heterocycles. The molecule has 144 valence electrons. The first-order valence-electron chi connectivity index (χ1n) is 9.42. The smallest absolute Gasteiger partial charge is 0.255 e. The molecule has 0 spiro atoms. The van der Waals surface area contributed by atoms with E-state index in [1.54, 1.807) is 11.0 Å². The minimum absolute atomic E-state index is 0.0851. The molecule has 27 heavy (non-hydrogen) atoms. The van der Waals surface area contributed by atoms with Gasteiger partial charge < -0.3 is 4.43 Å². The normalized spacial score (nSPS) is 13.6. The standard InChI is InChI=1S/C23H31NO2Si/c1-19(26-27(5,6)23(2,3)4)17-18-22(25)24(20-13-9-7-10-14-20)21-15-11-8-12-16-21/h7-19H,1-6H3. The van der Waals surface area contributed by atoms with Crippen LogP contribution in [-0.2, 0) is 9.22 Å². The van der Waals surface area contributed by atoms with E-state index in [1.165, 1.54) is 0 Å². The second kappa shape index (κ2) is 8.68. The van der Waals surface area contributed by atoms with Gasteiger partial charge in [-0.15, -0.1) is 0 Å². The number of hydrogen-bond donors (Lipinski definition) is 0. The first-order chi connectivity index (χ1) is 12.6. The summed E-state index contributed by atoms with van der Waals surface area (Å²) in [6.07, 6.45) is 3.38. The van der Waals surface area contributed by atoms with Gasteiger partial charge in [0.05, 0.1) is 6.10 Å². The van der Waals surface area contributed by atoms with Crippen molar-refractivity contribution < 1.29 is 9.22 Å². The number of nitrogens with zero attached hydrogens (tertiary/aromatic N) is 1. The van der Waals surface area contributed by atoms with Crippen LogP contribution in [0, 0.1) is 0 Å². The van der Waals surface area contributed by atoms with Crippen molar-refractivity contribution in [3.63, 3.8) is 0 Å². The zero-order valence-corrected chi connectivity index (χ0v) is 18.3. The lowest BCUT2D eigenvalue weighted by Gasteiger charge is -2.37. The highest BCUT2D eigenvalue weighted by Gasteiger charge is 2.38. The molecule has 0 heterocycles. The van der Waals surface area contributed by atoms with Gasteiger partial charge in [-0.25, -0.2) is 0 Å². The van der Waals surface area contributed by atoms with Gasteiger partial charge >= 0.3 is 0 Å². The lowest BCUT2D eigenvalue weighted by atomic mass is 10.2. The van der Waals surface area contributed by atoms with Gasteiger partial charge in [0.15, 0.2) is 8.32 Å². The maximum Gasteiger partial charge on any atom is 0.255 e. The summed E-state index contributed by atoms with van der Waals surface area (Å²) in [6, 6.07) is 19.4. The Kier molecular flexibility index (Phi) is 6.79. The predicted octanol–water partition coefficient (Wildman–Crippen LogP) is 6.32. The fraction of sp³-hybridized carbons (Fsp3) is 0.348. The van der Waals surface area contributed by atoms with Gasteiger partial charge in [0, 0.05) is 17.5 Å². The van der Waals surface area contributed by atoms with Crippen molar-refractivity contribution in [2.75, 3.05) is 4.90 Å². The Hall–Kier alpha value is -2.17. The van der Waals surface area contributed by atoms with Crippen molar-refractivity contribution >= 4 is 25.6 Å². The molecule has 1 unspecified atom stereocenters. The summed E-state index contributed by atoms with van der Waals surface area (Å²) in [4.78, 5) is 14.7. The largest absolute Gasteiger partial charge is 0.411 e. The van der Waals surface area contributed by atoms with Gasteiger partial charge in [-0.2, -0.15) is 0 Å². The zero-order valence-electron chi connectivity index (χ0n) is 17.3. The maximum atomic E-state index is 13.0. The second-order valence-corrected chi connectivity index (χ2v) is 13.0. The molecular formula is C23H31NO2Si. The predicted molar refractivity (Wildman–Crippen MR) is 117 cm³/mol. The van der Waals surface area contributed by atoms with Crippen LogP contribution >= 0.6 is 0 Å². The van der Waals surface area contributed by atoms with Crippen LogP contribution in [0.2, 0.25) is 18.1 Å². The van der Waals surface area contributed by atoms with Crippen molar-refractivity contribution in [2.24, 2.45) is 0 Å². The van der Waals surface area contributed by atoms with E-state index in [2.05, 4.69) is 33.9 Å². The summed E-state index contributed by atoms with van der Waals surface area (Å²) < 4.78 is 6.33. The summed E-state index contributed by atoms with van der Waals surface area (Å²) in [7, 11) is -1.87. The van der Waals surface area contributed by atoms with Crippen LogP contribution in [0.4, 0.5) is 11.4 Å². The van der Waals surface area contributed by atoms with Crippen molar-refractivity contribution in [1.29, 1.82) is 0 Å². The summed E-state index contributed by atoms with van der Waals surface area (Å²) in [5.41, 5.74) is 1.69. The van der Waals surface area contributed by atoms with Crippen molar-refractivity contribution in [2.45, 2.75) is 51.9 Å². The highest BCUT2D eigenvalue weighted by molar-refractivity contribution is 6.74. The van der Waals surface area contributed by atoms with E-state index in [4.69, 9.17) is 4.43 Å². The van der Waals surface area contributed by atoms with Crippen LogP contribution in [-0.4, -0.2) is 20.3 Å². The van der Waals surface area contributed by atoms with E-state index >= 15 is 0 Å². The van der Waals surface area contributed by atoms with E-state index in [-0.39, 0.29) is 17.0 Å². The first kappa shape index (κ1) is 21.1. The van der Waals surface area contributed by atoms with Crippen LogP contribution in [0.1, 0.15) is 27.7 Å². The Balaban J connectivity index is 2.20. The van der Waals surface area contributed by atoms with Gasteiger partial charge in [-0.3, -0.25) is 9.69 Å². The molecule has 2 aromatic carbocycles. The molecule has 0 N–H and O–H groups in total. The molecule has 1 amide bonds. The third-order valence-electron chi connectivity index (χ3n) is 5.05. The van der Waals surface area contributed by atoms with Gasteiger partial charge in [0.2, 0.25) is 0 Å². The van der Waals surface area contributed by atoms with E-state index in [0.717, 1.165) is 11.4 Å². The molecular weight excluding hydrogens is 350 g/mol. The maximum absolute atomic E-state index is 13.0. The van der Waals surface area contributed by atoms with Gasteiger partial charge in [0.25, 0.3) is 5.91 Å².